The molecule has 1 aromatic heterocycles. The number of carbonyl (C=O) groups excluding carboxylic acids is 1. The van der Waals surface area contributed by atoms with Gasteiger partial charge in [-0.15, -0.1) is 0 Å². The number of methoxy groups -OCH3 is 2. The number of aryl methyl sites for hydroxylation is 1. The van der Waals surface area contributed by atoms with Crippen LogP contribution < -0.4 is 14.8 Å². The quantitative estimate of drug-likeness (QED) is 0.837. The van der Waals surface area contributed by atoms with Gasteiger partial charge in [0.15, 0.2) is 0 Å². The molecular formula is C19H25N3O3. The molecule has 0 saturated heterocycles. The Morgan fingerprint density at radius 1 is 1.28 bits per heavy atom. The molecule has 2 aromatic rings. The first-order valence-electron chi connectivity index (χ1n) is 8.78. The molecule has 1 saturated carbocycles. The minimum atomic E-state index is 0.0803. The summed E-state index contributed by atoms with van der Waals surface area (Å²) in [5.41, 5.74) is 3.12. The van der Waals surface area contributed by atoms with E-state index in [1.165, 1.54) is 0 Å². The van der Waals surface area contributed by atoms with Crippen molar-refractivity contribution in [2.24, 2.45) is 5.92 Å². The zero-order valence-corrected chi connectivity index (χ0v) is 15.0. The molecule has 1 aliphatic carbocycles. The first kappa shape index (κ1) is 17.3. The summed E-state index contributed by atoms with van der Waals surface area (Å²) >= 11 is 0. The van der Waals surface area contributed by atoms with Crippen LogP contribution in [0.15, 0.2) is 18.2 Å². The van der Waals surface area contributed by atoms with Gasteiger partial charge in [-0.05, 0) is 37.5 Å². The number of H-pyrrole nitrogens is 1. The van der Waals surface area contributed by atoms with E-state index in [1.807, 2.05) is 25.1 Å². The van der Waals surface area contributed by atoms with Crippen molar-refractivity contribution >= 4 is 11.6 Å². The van der Waals surface area contributed by atoms with Crippen LogP contribution in [0.5, 0.6) is 11.5 Å². The van der Waals surface area contributed by atoms with Crippen molar-refractivity contribution in [3.63, 3.8) is 0 Å². The molecule has 1 aliphatic rings. The van der Waals surface area contributed by atoms with Crippen LogP contribution in [-0.4, -0.2) is 30.3 Å². The summed E-state index contributed by atoms with van der Waals surface area (Å²) < 4.78 is 10.8. The number of amides is 1. The second kappa shape index (κ2) is 7.59. The highest BCUT2D eigenvalue weighted by Crippen LogP contribution is 2.38. The average Bonchev–Trinajstić information content (AvgIpc) is 3.31. The molecule has 134 valence electrons. The van der Waals surface area contributed by atoms with Crippen molar-refractivity contribution in [3.05, 3.63) is 23.9 Å². The number of benzene rings is 1. The summed E-state index contributed by atoms with van der Waals surface area (Å²) in [7, 11) is 3.24. The van der Waals surface area contributed by atoms with E-state index in [0.717, 1.165) is 49.0 Å². The molecule has 1 aromatic carbocycles. The van der Waals surface area contributed by atoms with Gasteiger partial charge in [-0.25, -0.2) is 0 Å². The number of hydrogen-bond acceptors (Lipinski definition) is 4. The van der Waals surface area contributed by atoms with Gasteiger partial charge in [-0.2, -0.15) is 5.10 Å². The molecule has 1 amide bonds. The van der Waals surface area contributed by atoms with E-state index in [9.17, 15) is 4.79 Å². The summed E-state index contributed by atoms with van der Waals surface area (Å²) in [4.78, 5) is 12.6. The smallest absolute Gasteiger partial charge is 0.227 e. The molecule has 3 rings (SSSR count). The van der Waals surface area contributed by atoms with Gasteiger partial charge < -0.3 is 14.8 Å². The highest BCUT2D eigenvalue weighted by atomic mass is 16.5. The topological polar surface area (TPSA) is 76.2 Å². The van der Waals surface area contributed by atoms with E-state index in [-0.39, 0.29) is 11.8 Å². The SMILES string of the molecule is CCc1[nH]nc(-c2cc(OC)ccc2OC)c1NC(=O)C1CCCC1. The van der Waals surface area contributed by atoms with Crippen LogP contribution in [0, 0.1) is 5.92 Å². The maximum atomic E-state index is 12.6. The number of anilines is 1. The van der Waals surface area contributed by atoms with Gasteiger partial charge >= 0.3 is 0 Å². The summed E-state index contributed by atoms with van der Waals surface area (Å²) in [5.74, 6) is 1.58. The van der Waals surface area contributed by atoms with Crippen molar-refractivity contribution in [2.45, 2.75) is 39.0 Å². The fourth-order valence-corrected chi connectivity index (χ4v) is 3.38. The number of carbonyl (C=O) groups is 1. The van der Waals surface area contributed by atoms with E-state index >= 15 is 0 Å². The zero-order chi connectivity index (χ0) is 17.8. The van der Waals surface area contributed by atoms with Gasteiger partial charge in [0, 0.05) is 11.5 Å². The molecule has 25 heavy (non-hydrogen) atoms. The number of ether oxygens (including phenoxy) is 2. The van der Waals surface area contributed by atoms with Gasteiger partial charge in [0.05, 0.1) is 25.6 Å². The molecule has 6 heteroatoms. The number of aromatic amines is 1. The average molecular weight is 343 g/mol. The number of hydrogen-bond donors (Lipinski definition) is 2. The van der Waals surface area contributed by atoms with Gasteiger partial charge in [-0.3, -0.25) is 9.89 Å². The lowest BCUT2D eigenvalue weighted by atomic mass is 10.0. The number of aromatic nitrogens is 2. The van der Waals surface area contributed by atoms with Crippen LogP contribution in [0.1, 0.15) is 38.3 Å². The predicted octanol–water partition coefficient (Wildman–Crippen LogP) is 3.79. The molecule has 0 unspecified atom stereocenters. The molecule has 0 aliphatic heterocycles. The first-order valence-corrected chi connectivity index (χ1v) is 8.78. The van der Waals surface area contributed by atoms with Gasteiger partial charge in [0.1, 0.15) is 17.2 Å². The Morgan fingerprint density at radius 3 is 2.68 bits per heavy atom. The van der Waals surface area contributed by atoms with Crippen LogP contribution in [0.4, 0.5) is 5.69 Å². The second-order valence-corrected chi connectivity index (χ2v) is 6.32. The Balaban J connectivity index is 1.99. The van der Waals surface area contributed by atoms with Crippen LogP contribution >= 0.6 is 0 Å². The van der Waals surface area contributed by atoms with Crippen molar-refractivity contribution < 1.29 is 14.3 Å². The van der Waals surface area contributed by atoms with Gasteiger partial charge in [-0.1, -0.05) is 19.8 Å². The minimum Gasteiger partial charge on any atom is -0.497 e. The third-order valence-corrected chi connectivity index (χ3v) is 4.83. The molecule has 0 spiro atoms. The second-order valence-electron chi connectivity index (χ2n) is 6.32. The Labute approximate surface area is 147 Å². The highest BCUT2D eigenvalue weighted by molar-refractivity contribution is 5.97. The van der Waals surface area contributed by atoms with Crippen molar-refractivity contribution in [1.29, 1.82) is 0 Å². The molecular weight excluding hydrogens is 318 g/mol. The third kappa shape index (κ3) is 3.48. The molecule has 0 atom stereocenters. The minimum absolute atomic E-state index is 0.0803. The lowest BCUT2D eigenvalue weighted by molar-refractivity contribution is -0.119. The van der Waals surface area contributed by atoms with E-state index in [4.69, 9.17) is 9.47 Å². The summed E-state index contributed by atoms with van der Waals surface area (Å²) in [6, 6.07) is 5.56. The Hall–Kier alpha value is -2.50. The molecule has 0 bridgehead atoms. The molecule has 0 radical (unpaired) electrons. The van der Waals surface area contributed by atoms with E-state index < -0.39 is 0 Å². The van der Waals surface area contributed by atoms with Crippen LogP contribution in [0.25, 0.3) is 11.3 Å². The monoisotopic (exact) mass is 343 g/mol. The predicted molar refractivity (Wildman–Crippen MR) is 97.1 cm³/mol. The normalized spacial score (nSPS) is 14.5. The molecule has 1 fully saturated rings. The Morgan fingerprint density at radius 2 is 2.04 bits per heavy atom. The maximum absolute atomic E-state index is 12.6. The number of nitrogens with one attached hydrogen (secondary N) is 2. The number of nitrogens with zero attached hydrogens (tertiary/aromatic N) is 1. The fourth-order valence-electron chi connectivity index (χ4n) is 3.38. The molecule has 2 N–H and O–H groups in total. The van der Waals surface area contributed by atoms with E-state index in [2.05, 4.69) is 15.5 Å². The maximum Gasteiger partial charge on any atom is 0.227 e. The third-order valence-electron chi connectivity index (χ3n) is 4.83. The van der Waals surface area contributed by atoms with Crippen LogP contribution in [0.3, 0.4) is 0 Å². The fraction of sp³-hybridized carbons (Fsp3) is 0.474. The zero-order valence-electron chi connectivity index (χ0n) is 15.0. The number of rotatable bonds is 6. The van der Waals surface area contributed by atoms with E-state index in [1.54, 1.807) is 14.2 Å². The molecule has 1 heterocycles. The summed E-state index contributed by atoms with van der Waals surface area (Å²) in [6.07, 6.45) is 4.92. The van der Waals surface area contributed by atoms with Crippen LogP contribution in [0.2, 0.25) is 0 Å². The van der Waals surface area contributed by atoms with Crippen molar-refractivity contribution in [2.75, 3.05) is 19.5 Å². The van der Waals surface area contributed by atoms with Crippen molar-refractivity contribution in [3.8, 4) is 22.8 Å². The summed E-state index contributed by atoms with van der Waals surface area (Å²) in [5, 5.41) is 10.6. The van der Waals surface area contributed by atoms with Crippen LogP contribution in [-0.2, 0) is 11.2 Å². The Kier molecular flexibility index (Phi) is 5.26. The lowest BCUT2D eigenvalue weighted by Crippen LogP contribution is -2.21. The first-order chi connectivity index (χ1) is 12.2. The van der Waals surface area contributed by atoms with E-state index in [0.29, 0.717) is 17.2 Å². The van der Waals surface area contributed by atoms with Gasteiger partial charge in [0.25, 0.3) is 0 Å². The largest absolute Gasteiger partial charge is 0.497 e. The summed E-state index contributed by atoms with van der Waals surface area (Å²) in [6.45, 7) is 2.03. The Bertz CT molecular complexity index is 748. The van der Waals surface area contributed by atoms with Gasteiger partial charge in [0.2, 0.25) is 5.91 Å². The lowest BCUT2D eigenvalue weighted by Gasteiger charge is -2.14. The molecule has 6 nitrogen and oxygen atoms in total. The standard InChI is InChI=1S/C19H25N3O3/c1-4-15-18(20-19(23)12-7-5-6-8-12)17(22-21-15)14-11-13(24-2)9-10-16(14)25-3/h9-12H,4-8H2,1-3H3,(H,20,23)(H,21,22). The van der Waals surface area contributed by atoms with Crippen molar-refractivity contribution in [1.82, 2.24) is 10.2 Å². The highest BCUT2D eigenvalue weighted by Gasteiger charge is 2.26.